The van der Waals surface area contributed by atoms with Crippen molar-refractivity contribution in [2.75, 3.05) is 0 Å². The van der Waals surface area contributed by atoms with Gasteiger partial charge in [0, 0.05) is 5.56 Å². The van der Waals surface area contributed by atoms with E-state index in [1.54, 1.807) is 12.1 Å². The molecule has 3 heteroatoms. The second-order valence-corrected chi connectivity index (χ2v) is 9.68. The fourth-order valence-corrected chi connectivity index (χ4v) is 5.65. The molecule has 2 aliphatic rings. The second kappa shape index (κ2) is 10.3. The quantitative estimate of drug-likeness (QED) is 0.378. The number of unbranched alkanes of at least 4 members (excludes halogenated alkanes) is 2. The monoisotopic (exact) mass is 440 g/mol. The van der Waals surface area contributed by atoms with Crippen LogP contribution in [-0.4, -0.2) is 0 Å². The predicted octanol–water partition coefficient (Wildman–Crippen LogP) is 8.70. The normalized spacial score (nSPS) is 20.7. The van der Waals surface area contributed by atoms with Crippen molar-refractivity contribution in [1.29, 1.82) is 0 Å². The third kappa shape index (κ3) is 4.67. The summed E-state index contributed by atoms with van der Waals surface area (Å²) >= 11 is 0. The molecule has 0 N–H and O–H groups in total. The molecule has 0 aliphatic heterocycles. The van der Waals surface area contributed by atoms with Crippen molar-refractivity contribution in [2.24, 2.45) is 5.92 Å². The number of allylic oxidation sites excluding steroid dienone is 2. The fourth-order valence-electron chi connectivity index (χ4n) is 5.65. The molecule has 2 aliphatic carbocycles. The van der Waals surface area contributed by atoms with Gasteiger partial charge in [-0.3, -0.25) is 0 Å². The number of fused-ring (bicyclic) bond motifs is 1. The molecular weight excluding hydrogens is 405 g/mol. The molecule has 0 aromatic heterocycles. The van der Waals surface area contributed by atoms with Gasteiger partial charge < -0.3 is 0 Å². The van der Waals surface area contributed by atoms with Crippen LogP contribution in [0.3, 0.4) is 0 Å². The van der Waals surface area contributed by atoms with Crippen LogP contribution in [0.25, 0.3) is 5.57 Å². The van der Waals surface area contributed by atoms with Crippen LogP contribution in [0.2, 0.25) is 0 Å². The molecule has 0 nitrogen and oxygen atoms in total. The maximum Gasteiger partial charge on any atom is 0.166 e. The van der Waals surface area contributed by atoms with Crippen molar-refractivity contribution in [2.45, 2.75) is 90.4 Å². The lowest BCUT2D eigenvalue weighted by Gasteiger charge is -2.29. The van der Waals surface area contributed by atoms with Crippen LogP contribution >= 0.6 is 0 Å². The van der Waals surface area contributed by atoms with Gasteiger partial charge in [0.25, 0.3) is 0 Å². The van der Waals surface area contributed by atoms with Crippen molar-refractivity contribution in [3.05, 3.63) is 75.6 Å². The standard InChI is InChI=1S/C29H35F3/c1-3-5-6-7-19-8-10-21(11-9-19)24-16-17-26(29(32)28(24)31)23-14-15-25-22(18-23)13-12-20(4-2)27(25)30/h12-14,16-17,19,21H,3-11,15,18H2,1-2H3. The number of hydrogen-bond acceptors (Lipinski definition) is 0. The van der Waals surface area contributed by atoms with E-state index in [2.05, 4.69) is 6.92 Å². The van der Waals surface area contributed by atoms with Crippen molar-refractivity contribution in [3.63, 3.8) is 0 Å². The van der Waals surface area contributed by atoms with Gasteiger partial charge in [0.05, 0.1) is 0 Å². The summed E-state index contributed by atoms with van der Waals surface area (Å²) in [7, 11) is 0. The van der Waals surface area contributed by atoms with Crippen LogP contribution in [0.4, 0.5) is 13.2 Å². The molecule has 1 saturated carbocycles. The number of benzene rings is 2. The van der Waals surface area contributed by atoms with E-state index in [-0.39, 0.29) is 11.7 Å². The second-order valence-electron chi connectivity index (χ2n) is 9.68. The lowest BCUT2D eigenvalue weighted by molar-refractivity contribution is 0.298. The van der Waals surface area contributed by atoms with Crippen LogP contribution in [0.15, 0.2) is 30.3 Å². The molecule has 0 atom stereocenters. The van der Waals surface area contributed by atoms with Crippen LogP contribution in [0.5, 0.6) is 0 Å². The van der Waals surface area contributed by atoms with E-state index < -0.39 is 11.6 Å². The topological polar surface area (TPSA) is 0 Å². The molecule has 0 saturated heterocycles. The van der Waals surface area contributed by atoms with E-state index in [4.69, 9.17) is 0 Å². The summed E-state index contributed by atoms with van der Waals surface area (Å²) in [5.74, 6) is -0.716. The van der Waals surface area contributed by atoms with E-state index in [0.29, 0.717) is 41.5 Å². The molecule has 0 bridgehead atoms. The Morgan fingerprint density at radius 1 is 0.844 bits per heavy atom. The van der Waals surface area contributed by atoms with Crippen LogP contribution in [-0.2, 0) is 19.3 Å². The van der Waals surface area contributed by atoms with Crippen LogP contribution < -0.4 is 0 Å². The first kappa shape index (κ1) is 23.1. The van der Waals surface area contributed by atoms with Gasteiger partial charge >= 0.3 is 0 Å². The number of hydrogen-bond donors (Lipinski definition) is 0. The van der Waals surface area contributed by atoms with Gasteiger partial charge in [0.2, 0.25) is 0 Å². The minimum Gasteiger partial charge on any atom is -0.206 e. The van der Waals surface area contributed by atoms with Gasteiger partial charge in [-0.1, -0.05) is 69.9 Å². The Kier molecular flexibility index (Phi) is 7.43. The first-order valence-electron chi connectivity index (χ1n) is 12.5. The minimum absolute atomic E-state index is 0.114. The molecule has 0 amide bonds. The maximum absolute atomic E-state index is 15.2. The Hall–Kier alpha value is -2.03. The number of halogens is 3. The zero-order valence-corrected chi connectivity index (χ0v) is 19.5. The Balaban J connectivity index is 1.48. The molecule has 0 unspecified atom stereocenters. The lowest BCUT2D eigenvalue weighted by Crippen LogP contribution is -2.15. The first-order chi connectivity index (χ1) is 15.5. The fraction of sp³-hybridized carbons (Fsp3) is 0.517. The molecule has 0 heterocycles. The molecule has 0 spiro atoms. The Morgan fingerprint density at radius 3 is 2.34 bits per heavy atom. The van der Waals surface area contributed by atoms with Crippen molar-refractivity contribution < 1.29 is 13.2 Å². The largest absolute Gasteiger partial charge is 0.206 e. The summed E-state index contributed by atoms with van der Waals surface area (Å²) in [5, 5.41) is 0. The average Bonchev–Trinajstić information content (AvgIpc) is 2.82. The molecular formula is C29H35F3. The summed E-state index contributed by atoms with van der Waals surface area (Å²) in [6.07, 6.45) is 12.6. The predicted molar refractivity (Wildman–Crippen MR) is 126 cm³/mol. The van der Waals surface area contributed by atoms with Gasteiger partial charge in [-0.15, -0.1) is 0 Å². The highest BCUT2D eigenvalue weighted by atomic mass is 19.2. The van der Waals surface area contributed by atoms with E-state index in [1.165, 1.54) is 25.7 Å². The van der Waals surface area contributed by atoms with Gasteiger partial charge in [-0.25, -0.2) is 13.2 Å². The SMILES string of the molecule is CCCCCC1CCC(c2ccc(C3=CCc4c(ccc(CC)c4F)C3)c(F)c2F)CC1. The molecule has 2 aromatic carbocycles. The van der Waals surface area contributed by atoms with Crippen molar-refractivity contribution >= 4 is 5.57 Å². The Bertz CT molecular complexity index is 980. The van der Waals surface area contributed by atoms with E-state index in [9.17, 15) is 4.39 Å². The van der Waals surface area contributed by atoms with E-state index in [1.807, 2.05) is 25.1 Å². The Labute approximate surface area is 190 Å². The maximum atomic E-state index is 15.2. The van der Waals surface area contributed by atoms with Gasteiger partial charge in [0.1, 0.15) is 5.82 Å². The summed E-state index contributed by atoms with van der Waals surface area (Å²) in [6, 6.07) is 7.29. The van der Waals surface area contributed by atoms with Crippen molar-refractivity contribution in [3.8, 4) is 0 Å². The molecule has 2 aromatic rings. The first-order valence-corrected chi connectivity index (χ1v) is 12.5. The average molecular weight is 441 g/mol. The molecule has 0 radical (unpaired) electrons. The minimum atomic E-state index is -0.743. The van der Waals surface area contributed by atoms with E-state index >= 15 is 8.78 Å². The number of aryl methyl sites for hydroxylation is 1. The third-order valence-corrected chi connectivity index (χ3v) is 7.70. The van der Waals surface area contributed by atoms with Gasteiger partial charge in [-0.2, -0.15) is 0 Å². The molecule has 172 valence electrons. The summed E-state index contributed by atoms with van der Waals surface area (Å²) in [6.45, 7) is 4.16. The van der Waals surface area contributed by atoms with Crippen LogP contribution in [0.1, 0.15) is 98.9 Å². The zero-order valence-electron chi connectivity index (χ0n) is 19.5. The highest BCUT2D eigenvalue weighted by Gasteiger charge is 2.27. The highest BCUT2D eigenvalue weighted by molar-refractivity contribution is 5.71. The smallest absolute Gasteiger partial charge is 0.166 e. The summed E-state index contributed by atoms with van der Waals surface area (Å²) in [4.78, 5) is 0. The van der Waals surface area contributed by atoms with Crippen LogP contribution in [0, 0.1) is 23.4 Å². The number of rotatable bonds is 7. The summed E-state index contributed by atoms with van der Waals surface area (Å²) < 4.78 is 44.9. The Morgan fingerprint density at radius 2 is 1.62 bits per heavy atom. The summed E-state index contributed by atoms with van der Waals surface area (Å²) in [5.41, 5.74) is 3.90. The van der Waals surface area contributed by atoms with Gasteiger partial charge in [0.15, 0.2) is 11.6 Å². The molecule has 32 heavy (non-hydrogen) atoms. The molecule has 1 fully saturated rings. The van der Waals surface area contributed by atoms with Crippen molar-refractivity contribution in [1.82, 2.24) is 0 Å². The molecule has 4 rings (SSSR count). The van der Waals surface area contributed by atoms with E-state index in [0.717, 1.165) is 42.7 Å². The van der Waals surface area contributed by atoms with Gasteiger partial charge in [-0.05, 0) is 84.6 Å². The highest BCUT2D eigenvalue weighted by Crippen LogP contribution is 2.40. The zero-order chi connectivity index (χ0) is 22.7. The third-order valence-electron chi connectivity index (χ3n) is 7.70. The lowest BCUT2D eigenvalue weighted by atomic mass is 9.76.